The quantitative estimate of drug-likeness (QED) is 0.750. The highest BCUT2D eigenvalue weighted by atomic mass is 19.4. The number of primary amides is 1. The third-order valence-electron chi connectivity index (χ3n) is 1.78. The normalized spacial score (nSPS) is 10.9. The molecule has 1 aromatic carbocycles. The monoisotopic (exact) mass is 232 g/mol. The van der Waals surface area contributed by atoms with Gasteiger partial charge < -0.3 is 5.73 Å². The molecule has 1 rings (SSSR count). The van der Waals surface area contributed by atoms with E-state index in [1.54, 1.807) is 0 Å². The Labute approximate surface area is 87.1 Å². The van der Waals surface area contributed by atoms with Crippen LogP contribution in [0.1, 0.15) is 21.5 Å². The molecule has 0 saturated heterocycles. The first-order valence-electron chi connectivity index (χ1n) is 3.88. The molecule has 0 heterocycles. The number of carbonyl (C=O) groups is 1. The van der Waals surface area contributed by atoms with Crippen molar-refractivity contribution in [2.24, 2.45) is 5.73 Å². The predicted octanol–water partition coefficient (Wildman–Crippen LogP) is 1.82. The van der Waals surface area contributed by atoms with E-state index in [-0.39, 0.29) is 6.07 Å². The molecule has 1 amide bonds. The number of rotatable bonds is 1. The van der Waals surface area contributed by atoms with Crippen molar-refractivity contribution in [2.45, 2.75) is 6.18 Å². The zero-order chi connectivity index (χ0) is 12.5. The summed E-state index contributed by atoms with van der Waals surface area (Å²) in [6.07, 6.45) is -4.95. The minimum Gasteiger partial charge on any atom is -0.366 e. The van der Waals surface area contributed by atoms with Crippen LogP contribution in [0.2, 0.25) is 0 Å². The molecule has 0 radical (unpaired) electrons. The lowest BCUT2D eigenvalue weighted by molar-refractivity contribution is -0.138. The Morgan fingerprint density at radius 1 is 1.38 bits per heavy atom. The highest BCUT2D eigenvalue weighted by Gasteiger charge is 2.36. The summed E-state index contributed by atoms with van der Waals surface area (Å²) in [6, 6.07) is 1.94. The van der Waals surface area contributed by atoms with Crippen molar-refractivity contribution in [1.29, 1.82) is 5.26 Å². The number of benzene rings is 1. The molecule has 2 N–H and O–H groups in total. The first-order chi connectivity index (χ1) is 7.27. The number of nitrogens with zero attached hydrogens (tertiary/aromatic N) is 1. The van der Waals surface area contributed by atoms with E-state index in [1.807, 2.05) is 0 Å². The lowest BCUT2D eigenvalue weighted by Gasteiger charge is -2.11. The van der Waals surface area contributed by atoms with E-state index in [4.69, 9.17) is 11.0 Å². The van der Waals surface area contributed by atoms with Crippen LogP contribution < -0.4 is 5.73 Å². The Morgan fingerprint density at radius 2 is 1.94 bits per heavy atom. The van der Waals surface area contributed by atoms with Gasteiger partial charge in [-0.05, 0) is 12.1 Å². The second-order valence-electron chi connectivity index (χ2n) is 2.85. The van der Waals surface area contributed by atoms with Crippen LogP contribution in [0.15, 0.2) is 12.1 Å². The number of amides is 1. The maximum atomic E-state index is 12.8. The van der Waals surface area contributed by atoms with E-state index in [1.165, 1.54) is 6.07 Å². The average Bonchev–Trinajstić information content (AvgIpc) is 2.14. The zero-order valence-electron chi connectivity index (χ0n) is 7.60. The molecule has 0 aliphatic heterocycles. The molecule has 0 spiro atoms. The van der Waals surface area contributed by atoms with Crippen molar-refractivity contribution in [3.8, 4) is 6.07 Å². The highest BCUT2D eigenvalue weighted by Crippen LogP contribution is 2.33. The van der Waals surface area contributed by atoms with Crippen LogP contribution in [0.25, 0.3) is 0 Å². The molecule has 1 aromatic rings. The Bertz CT molecular complexity index is 488. The van der Waals surface area contributed by atoms with E-state index in [0.717, 1.165) is 0 Å². The number of alkyl halides is 3. The second-order valence-corrected chi connectivity index (χ2v) is 2.85. The molecule has 7 heteroatoms. The van der Waals surface area contributed by atoms with Gasteiger partial charge in [0, 0.05) is 0 Å². The molecule has 0 fully saturated rings. The van der Waals surface area contributed by atoms with Crippen LogP contribution in [-0.2, 0) is 6.18 Å². The molecule has 16 heavy (non-hydrogen) atoms. The number of hydrogen-bond acceptors (Lipinski definition) is 2. The molecule has 3 nitrogen and oxygen atoms in total. The minimum atomic E-state index is -4.95. The summed E-state index contributed by atoms with van der Waals surface area (Å²) in [4.78, 5) is 10.8. The van der Waals surface area contributed by atoms with Gasteiger partial charge >= 0.3 is 6.18 Å². The number of carbonyl (C=O) groups excluding carboxylic acids is 1. The number of halogens is 4. The second kappa shape index (κ2) is 3.81. The molecule has 0 aromatic heterocycles. The third-order valence-corrected chi connectivity index (χ3v) is 1.78. The van der Waals surface area contributed by atoms with Crippen molar-refractivity contribution in [1.82, 2.24) is 0 Å². The van der Waals surface area contributed by atoms with Gasteiger partial charge in [0.2, 0.25) is 0 Å². The Balaban J connectivity index is 3.66. The van der Waals surface area contributed by atoms with Crippen molar-refractivity contribution in [3.05, 3.63) is 34.6 Å². The van der Waals surface area contributed by atoms with Crippen LogP contribution >= 0.6 is 0 Å². The summed E-state index contributed by atoms with van der Waals surface area (Å²) >= 11 is 0. The van der Waals surface area contributed by atoms with Gasteiger partial charge in [-0.3, -0.25) is 4.79 Å². The van der Waals surface area contributed by atoms with Gasteiger partial charge in [0.05, 0.1) is 16.7 Å². The van der Waals surface area contributed by atoms with Crippen LogP contribution in [0.3, 0.4) is 0 Å². The minimum absolute atomic E-state index is 0.126. The van der Waals surface area contributed by atoms with Gasteiger partial charge in [0.1, 0.15) is 11.9 Å². The van der Waals surface area contributed by atoms with E-state index in [9.17, 15) is 22.4 Å². The van der Waals surface area contributed by atoms with Gasteiger partial charge in [-0.15, -0.1) is 0 Å². The first kappa shape index (κ1) is 12.0. The molecule has 0 bridgehead atoms. The van der Waals surface area contributed by atoms with E-state index < -0.39 is 34.6 Å². The Hall–Kier alpha value is -2.10. The highest BCUT2D eigenvalue weighted by molar-refractivity contribution is 5.97. The largest absolute Gasteiger partial charge is 0.417 e. The number of nitrogens with two attached hydrogens (primary N) is 1. The summed E-state index contributed by atoms with van der Waals surface area (Å²) < 4.78 is 50.0. The summed E-state index contributed by atoms with van der Waals surface area (Å²) in [6.45, 7) is 0. The molecular formula is C9H4F4N2O. The summed E-state index contributed by atoms with van der Waals surface area (Å²) in [5.74, 6) is -2.68. The van der Waals surface area contributed by atoms with Crippen molar-refractivity contribution in [3.63, 3.8) is 0 Å². The molecular weight excluding hydrogens is 228 g/mol. The van der Waals surface area contributed by atoms with Crippen LogP contribution in [0.4, 0.5) is 17.6 Å². The Kier molecular flexibility index (Phi) is 2.85. The maximum absolute atomic E-state index is 12.8. The fourth-order valence-electron chi connectivity index (χ4n) is 1.18. The molecule has 0 atom stereocenters. The molecule has 0 aliphatic rings. The SMILES string of the molecule is N#Cc1cc(F)cc(C(F)(F)F)c1C(N)=O. The van der Waals surface area contributed by atoms with Crippen LogP contribution in [-0.4, -0.2) is 5.91 Å². The fraction of sp³-hybridized carbons (Fsp3) is 0.111. The van der Waals surface area contributed by atoms with Crippen molar-refractivity contribution >= 4 is 5.91 Å². The topological polar surface area (TPSA) is 66.9 Å². The van der Waals surface area contributed by atoms with Crippen LogP contribution in [0.5, 0.6) is 0 Å². The van der Waals surface area contributed by atoms with Crippen molar-refractivity contribution in [2.75, 3.05) is 0 Å². The van der Waals surface area contributed by atoms with E-state index in [0.29, 0.717) is 6.07 Å². The van der Waals surface area contributed by atoms with Gasteiger partial charge in [-0.2, -0.15) is 18.4 Å². The third kappa shape index (κ3) is 2.11. The van der Waals surface area contributed by atoms with Gasteiger partial charge in [0.25, 0.3) is 5.91 Å². The van der Waals surface area contributed by atoms with Crippen LogP contribution in [0, 0.1) is 17.1 Å². The lowest BCUT2D eigenvalue weighted by Crippen LogP contribution is -2.21. The van der Waals surface area contributed by atoms with E-state index >= 15 is 0 Å². The van der Waals surface area contributed by atoms with Gasteiger partial charge in [0.15, 0.2) is 0 Å². The molecule has 84 valence electrons. The van der Waals surface area contributed by atoms with E-state index in [2.05, 4.69) is 0 Å². The fourth-order valence-corrected chi connectivity index (χ4v) is 1.18. The molecule has 0 unspecified atom stereocenters. The average molecular weight is 232 g/mol. The van der Waals surface area contributed by atoms with Gasteiger partial charge in [-0.25, -0.2) is 4.39 Å². The number of hydrogen-bond donors (Lipinski definition) is 1. The zero-order valence-corrected chi connectivity index (χ0v) is 7.60. The smallest absolute Gasteiger partial charge is 0.366 e. The lowest BCUT2D eigenvalue weighted by atomic mass is 10.0. The van der Waals surface area contributed by atoms with Crippen molar-refractivity contribution < 1.29 is 22.4 Å². The van der Waals surface area contributed by atoms with Gasteiger partial charge in [-0.1, -0.05) is 0 Å². The summed E-state index contributed by atoms with van der Waals surface area (Å²) in [5, 5.41) is 8.49. The standard InChI is InChI=1S/C9H4F4N2O/c10-5-1-4(3-14)7(8(15)16)6(2-5)9(11,12)13/h1-2H,(H2,15,16). The summed E-state index contributed by atoms with van der Waals surface area (Å²) in [5.41, 5.74) is 1.43. The summed E-state index contributed by atoms with van der Waals surface area (Å²) in [7, 11) is 0. The molecule has 0 aliphatic carbocycles. The first-order valence-corrected chi connectivity index (χ1v) is 3.88. The Morgan fingerprint density at radius 3 is 2.31 bits per heavy atom. The predicted molar refractivity (Wildman–Crippen MR) is 44.6 cm³/mol. The number of nitriles is 1. The molecule has 0 saturated carbocycles. The maximum Gasteiger partial charge on any atom is 0.417 e.